The van der Waals surface area contributed by atoms with Gasteiger partial charge in [-0.2, -0.15) is 0 Å². The minimum absolute atomic E-state index is 0.0998. The predicted molar refractivity (Wildman–Crippen MR) is 128 cm³/mol. The first kappa shape index (κ1) is 21.4. The van der Waals surface area contributed by atoms with Gasteiger partial charge < -0.3 is 11.1 Å². The van der Waals surface area contributed by atoms with Gasteiger partial charge in [0.15, 0.2) is 5.78 Å². The largest absolute Gasteiger partial charge is 0.381 e. The molecule has 4 nitrogen and oxygen atoms in total. The van der Waals surface area contributed by atoms with E-state index >= 15 is 0 Å². The Morgan fingerprint density at radius 2 is 1.84 bits per heavy atom. The van der Waals surface area contributed by atoms with Crippen LogP contribution >= 0.6 is 11.6 Å². The van der Waals surface area contributed by atoms with Crippen molar-refractivity contribution >= 4 is 34.0 Å². The molecule has 3 N–H and O–H groups in total. The average Bonchev–Trinajstić information content (AvgIpc) is 3.63. The third-order valence-corrected chi connectivity index (χ3v) is 7.21. The van der Waals surface area contributed by atoms with Crippen LogP contribution in [0.5, 0.6) is 0 Å². The van der Waals surface area contributed by atoms with Gasteiger partial charge in [-0.3, -0.25) is 9.78 Å². The molecule has 0 radical (unpaired) electrons. The van der Waals surface area contributed by atoms with Crippen molar-refractivity contribution in [1.82, 2.24) is 4.98 Å². The van der Waals surface area contributed by atoms with Gasteiger partial charge in [-0.25, -0.2) is 4.39 Å². The molecule has 2 fully saturated rings. The van der Waals surface area contributed by atoms with Crippen molar-refractivity contribution in [2.24, 2.45) is 11.7 Å². The number of benzene rings is 2. The number of carbonyl (C=O) groups is 1. The van der Waals surface area contributed by atoms with Crippen LogP contribution in [0.3, 0.4) is 0 Å². The minimum atomic E-state index is -0.333. The maximum Gasteiger partial charge on any atom is 0.169 e. The fourth-order valence-electron chi connectivity index (χ4n) is 4.56. The molecule has 1 heterocycles. The normalized spacial score (nSPS) is 21.0. The van der Waals surface area contributed by atoms with Crippen LogP contribution in [-0.2, 0) is 0 Å². The van der Waals surface area contributed by atoms with E-state index in [9.17, 15) is 9.18 Å². The summed E-state index contributed by atoms with van der Waals surface area (Å²) in [4.78, 5) is 17.7. The van der Waals surface area contributed by atoms with E-state index in [4.69, 9.17) is 17.3 Å². The van der Waals surface area contributed by atoms with Gasteiger partial charge in [0.25, 0.3) is 0 Å². The third kappa shape index (κ3) is 4.12. The smallest absolute Gasteiger partial charge is 0.169 e. The summed E-state index contributed by atoms with van der Waals surface area (Å²) in [5.41, 5.74) is 10.4. The van der Waals surface area contributed by atoms with Gasteiger partial charge in [-0.1, -0.05) is 17.7 Å². The van der Waals surface area contributed by atoms with Crippen LogP contribution in [0.4, 0.5) is 10.1 Å². The lowest BCUT2D eigenvalue weighted by atomic mass is 9.91. The summed E-state index contributed by atoms with van der Waals surface area (Å²) in [6.45, 7) is 1.67. The van der Waals surface area contributed by atoms with Crippen LogP contribution in [0, 0.1) is 18.7 Å². The Bertz CT molecular complexity index is 1180. The Kier molecular flexibility index (Phi) is 5.64. The molecule has 3 aromatic rings. The van der Waals surface area contributed by atoms with Crippen molar-refractivity contribution in [2.45, 2.75) is 57.5 Å². The Hall–Kier alpha value is -2.50. The van der Waals surface area contributed by atoms with Crippen LogP contribution in [0.15, 0.2) is 36.5 Å². The van der Waals surface area contributed by atoms with E-state index in [-0.39, 0.29) is 29.6 Å². The Labute approximate surface area is 192 Å². The predicted octanol–water partition coefficient (Wildman–Crippen LogP) is 6.28. The molecule has 0 saturated heterocycles. The molecule has 32 heavy (non-hydrogen) atoms. The zero-order valence-corrected chi connectivity index (χ0v) is 18.9. The van der Waals surface area contributed by atoms with Gasteiger partial charge in [0.2, 0.25) is 0 Å². The maximum absolute atomic E-state index is 14.4. The Balaban J connectivity index is 1.62. The molecule has 2 aliphatic carbocycles. The first-order chi connectivity index (χ1) is 15.4. The summed E-state index contributed by atoms with van der Waals surface area (Å²) in [6.07, 6.45) is 7.48. The van der Waals surface area contributed by atoms with Gasteiger partial charge in [0, 0.05) is 40.2 Å². The van der Waals surface area contributed by atoms with Crippen molar-refractivity contribution in [3.05, 3.63) is 58.5 Å². The molecule has 2 aromatic carbocycles. The van der Waals surface area contributed by atoms with Gasteiger partial charge in [-0.05, 0) is 80.8 Å². The molecule has 2 saturated carbocycles. The molecule has 1 aromatic heterocycles. The lowest BCUT2D eigenvalue weighted by molar-refractivity contribution is 0.0968. The van der Waals surface area contributed by atoms with E-state index < -0.39 is 0 Å². The first-order valence-electron chi connectivity index (χ1n) is 11.4. The molecular formula is C26H27ClFN3O. The van der Waals surface area contributed by atoms with E-state index in [2.05, 4.69) is 10.3 Å². The highest BCUT2D eigenvalue weighted by Crippen LogP contribution is 2.39. The van der Waals surface area contributed by atoms with Gasteiger partial charge in [0.1, 0.15) is 5.82 Å². The van der Waals surface area contributed by atoms with E-state index in [0.717, 1.165) is 60.7 Å². The quantitative estimate of drug-likeness (QED) is 0.448. The molecule has 166 valence electrons. The highest BCUT2D eigenvalue weighted by atomic mass is 35.5. The Morgan fingerprint density at radius 1 is 1.09 bits per heavy atom. The van der Waals surface area contributed by atoms with Gasteiger partial charge >= 0.3 is 0 Å². The maximum atomic E-state index is 14.4. The molecule has 0 unspecified atom stereocenters. The number of halogens is 2. The van der Waals surface area contributed by atoms with Crippen LogP contribution in [0.25, 0.3) is 22.0 Å². The second kappa shape index (κ2) is 8.45. The van der Waals surface area contributed by atoms with Crippen molar-refractivity contribution in [1.29, 1.82) is 0 Å². The number of hydrogen-bond acceptors (Lipinski definition) is 4. The van der Waals surface area contributed by atoms with Crippen molar-refractivity contribution in [2.75, 3.05) is 5.32 Å². The molecule has 5 rings (SSSR count). The molecule has 2 aliphatic rings. The second-order valence-electron chi connectivity index (χ2n) is 9.24. The molecule has 0 atom stereocenters. The van der Waals surface area contributed by atoms with E-state index in [1.54, 1.807) is 19.2 Å². The molecule has 6 heteroatoms. The van der Waals surface area contributed by atoms with Crippen LogP contribution < -0.4 is 11.1 Å². The summed E-state index contributed by atoms with van der Waals surface area (Å²) < 4.78 is 14.4. The molecule has 0 aliphatic heterocycles. The number of hydrogen-bond donors (Lipinski definition) is 2. The fraction of sp³-hybridized carbons (Fsp3) is 0.385. The van der Waals surface area contributed by atoms with E-state index in [0.29, 0.717) is 21.7 Å². The fourth-order valence-corrected chi connectivity index (χ4v) is 4.77. The standard InChI is InChI=1S/C26H27ClFN3O/c1-14-22(27)11-17(12-23(14)28)16-4-9-24-20(10-16)25(31-19-7-5-18(29)6-8-19)21(13-30-24)26(32)15-2-3-15/h4,9-13,15,18-19H,2-3,5-8,29H2,1H3,(H,30,31)/t18-,19-. The van der Waals surface area contributed by atoms with Gasteiger partial charge in [-0.15, -0.1) is 0 Å². The number of pyridine rings is 1. The number of Topliss-reactive ketones (excluding diaryl/α,β-unsaturated/α-hetero) is 1. The summed E-state index contributed by atoms with van der Waals surface area (Å²) in [6, 6.07) is 9.63. The van der Waals surface area contributed by atoms with Crippen LogP contribution in [0.2, 0.25) is 5.02 Å². The number of nitrogens with zero attached hydrogens (tertiary/aromatic N) is 1. The highest BCUT2D eigenvalue weighted by molar-refractivity contribution is 6.31. The number of nitrogens with two attached hydrogens (primary N) is 1. The first-order valence-corrected chi connectivity index (χ1v) is 11.7. The summed E-state index contributed by atoms with van der Waals surface area (Å²) in [5.74, 6) is -0.0766. The highest BCUT2D eigenvalue weighted by Gasteiger charge is 2.33. The van der Waals surface area contributed by atoms with Crippen LogP contribution in [-0.4, -0.2) is 22.9 Å². The number of nitrogens with one attached hydrogen (secondary N) is 1. The molecular weight excluding hydrogens is 425 g/mol. The SMILES string of the molecule is Cc1c(F)cc(-c2ccc3ncc(C(=O)C4CC4)c(N[C@H]4CC[C@H](N)CC4)c3c2)cc1Cl. The zero-order valence-electron chi connectivity index (χ0n) is 18.1. The average molecular weight is 452 g/mol. The zero-order chi connectivity index (χ0) is 22.4. The van der Waals surface area contributed by atoms with Crippen molar-refractivity contribution in [3.8, 4) is 11.1 Å². The number of rotatable bonds is 5. The minimum Gasteiger partial charge on any atom is -0.381 e. The van der Waals surface area contributed by atoms with Crippen molar-refractivity contribution in [3.63, 3.8) is 0 Å². The van der Waals surface area contributed by atoms with E-state index in [1.807, 2.05) is 18.2 Å². The lowest BCUT2D eigenvalue weighted by Crippen LogP contribution is -2.33. The number of ketones is 1. The summed E-state index contributed by atoms with van der Waals surface area (Å²) in [5, 5.41) is 4.94. The summed E-state index contributed by atoms with van der Waals surface area (Å²) in [7, 11) is 0. The number of carbonyl (C=O) groups excluding carboxylic acids is 1. The topological polar surface area (TPSA) is 68.0 Å². The number of aromatic nitrogens is 1. The molecule has 0 bridgehead atoms. The molecule has 0 amide bonds. The summed E-state index contributed by atoms with van der Waals surface area (Å²) >= 11 is 6.25. The van der Waals surface area contributed by atoms with Crippen LogP contribution in [0.1, 0.15) is 54.4 Å². The van der Waals surface area contributed by atoms with Crippen molar-refractivity contribution < 1.29 is 9.18 Å². The lowest BCUT2D eigenvalue weighted by Gasteiger charge is -2.29. The van der Waals surface area contributed by atoms with E-state index in [1.165, 1.54) is 6.07 Å². The number of fused-ring (bicyclic) bond motifs is 1. The monoisotopic (exact) mass is 451 g/mol. The third-order valence-electron chi connectivity index (χ3n) is 6.82. The Morgan fingerprint density at radius 3 is 2.53 bits per heavy atom. The number of anilines is 1. The second-order valence-corrected chi connectivity index (χ2v) is 9.65. The van der Waals surface area contributed by atoms with Gasteiger partial charge in [0.05, 0.1) is 16.8 Å². The molecule has 0 spiro atoms.